The summed E-state index contributed by atoms with van der Waals surface area (Å²) in [6.07, 6.45) is -0.667. The Morgan fingerprint density at radius 2 is 2.47 bits per heavy atom. The number of β-amino-alcohol motifs (C(OH)–C–C–N with tert-alkyl or cyclic N) is 1. The Balaban J connectivity index is 1.71. The van der Waals surface area contributed by atoms with E-state index in [1.807, 2.05) is 29.3 Å². The van der Waals surface area contributed by atoms with Gasteiger partial charge in [-0.15, -0.1) is 11.3 Å². The van der Waals surface area contributed by atoms with Crippen LogP contribution in [-0.4, -0.2) is 54.4 Å². The van der Waals surface area contributed by atoms with Gasteiger partial charge in [0.1, 0.15) is 0 Å². The molecule has 0 saturated carbocycles. The average Bonchev–Trinajstić information content (AvgIpc) is 2.98. The molecule has 1 aromatic heterocycles. The third kappa shape index (κ3) is 4.28. The third-order valence-electron chi connectivity index (χ3n) is 3.10. The topological polar surface area (TPSA) is 61.8 Å². The molecule has 1 saturated heterocycles. The van der Waals surface area contributed by atoms with Crippen LogP contribution in [0.25, 0.3) is 0 Å². The first-order valence-corrected chi connectivity index (χ1v) is 7.38. The van der Waals surface area contributed by atoms with Gasteiger partial charge in [-0.3, -0.25) is 9.69 Å². The second-order valence-corrected chi connectivity index (χ2v) is 5.64. The number of hydrogen-bond donors (Lipinski definition) is 2. The van der Waals surface area contributed by atoms with Gasteiger partial charge in [-0.25, -0.2) is 0 Å². The molecule has 19 heavy (non-hydrogen) atoms. The third-order valence-corrected chi connectivity index (χ3v) is 3.98. The number of aliphatic hydroxyl groups excluding tert-OH is 1. The van der Waals surface area contributed by atoms with E-state index in [4.69, 9.17) is 4.74 Å². The summed E-state index contributed by atoms with van der Waals surface area (Å²) in [5, 5.41) is 14.7. The van der Waals surface area contributed by atoms with Gasteiger partial charge in [-0.2, -0.15) is 0 Å². The zero-order chi connectivity index (χ0) is 13.7. The van der Waals surface area contributed by atoms with E-state index >= 15 is 0 Å². The first-order valence-electron chi connectivity index (χ1n) is 6.50. The smallest absolute Gasteiger partial charge is 0.234 e. The van der Waals surface area contributed by atoms with Crippen molar-refractivity contribution in [1.82, 2.24) is 10.2 Å². The van der Waals surface area contributed by atoms with Crippen LogP contribution in [0.5, 0.6) is 0 Å². The maximum absolute atomic E-state index is 11.8. The second-order valence-electron chi connectivity index (χ2n) is 4.61. The van der Waals surface area contributed by atoms with E-state index in [-0.39, 0.29) is 12.0 Å². The number of aliphatic hydroxyl groups is 1. The van der Waals surface area contributed by atoms with E-state index in [0.717, 1.165) is 4.88 Å². The first kappa shape index (κ1) is 14.5. The minimum atomic E-state index is -0.495. The molecular weight excluding hydrogens is 264 g/mol. The van der Waals surface area contributed by atoms with Crippen molar-refractivity contribution < 1.29 is 14.6 Å². The van der Waals surface area contributed by atoms with E-state index in [2.05, 4.69) is 5.32 Å². The van der Waals surface area contributed by atoms with Crippen LogP contribution in [0.4, 0.5) is 0 Å². The molecule has 1 fully saturated rings. The van der Waals surface area contributed by atoms with Gasteiger partial charge in [0.25, 0.3) is 0 Å². The number of nitrogens with zero attached hydrogens (tertiary/aromatic N) is 1. The molecule has 0 radical (unpaired) electrons. The minimum Gasteiger partial charge on any atom is -0.389 e. The monoisotopic (exact) mass is 284 g/mol. The van der Waals surface area contributed by atoms with Gasteiger partial charge < -0.3 is 15.2 Å². The normalized spacial score (nSPS) is 23.7. The zero-order valence-electron chi connectivity index (χ0n) is 11.0. The van der Waals surface area contributed by atoms with Crippen LogP contribution in [0.3, 0.4) is 0 Å². The van der Waals surface area contributed by atoms with Crippen molar-refractivity contribution in [3.8, 4) is 0 Å². The number of carbonyl (C=O) groups excluding carboxylic acids is 1. The molecule has 0 unspecified atom stereocenters. The van der Waals surface area contributed by atoms with E-state index < -0.39 is 6.10 Å². The molecule has 1 aliphatic heterocycles. The molecule has 1 aromatic rings. The highest BCUT2D eigenvalue weighted by Crippen LogP contribution is 2.13. The van der Waals surface area contributed by atoms with Crippen LogP contribution >= 0.6 is 11.3 Å². The van der Waals surface area contributed by atoms with E-state index in [1.54, 1.807) is 11.3 Å². The Labute approximate surface area is 117 Å². The molecule has 2 atom stereocenters. The molecule has 0 bridgehead atoms. The Kier molecular flexibility index (Phi) is 5.33. The van der Waals surface area contributed by atoms with Crippen LogP contribution in [0.15, 0.2) is 17.5 Å². The van der Waals surface area contributed by atoms with Gasteiger partial charge in [0, 0.05) is 24.6 Å². The molecule has 0 spiro atoms. The number of hydrogen-bond acceptors (Lipinski definition) is 5. The molecule has 1 aliphatic rings. The summed E-state index contributed by atoms with van der Waals surface area (Å²) < 4.78 is 5.42. The lowest BCUT2D eigenvalue weighted by atomic mass is 10.3. The van der Waals surface area contributed by atoms with Crippen LogP contribution in [0, 0.1) is 0 Å². The van der Waals surface area contributed by atoms with Crippen LogP contribution in [-0.2, 0) is 16.1 Å². The number of likely N-dealkylation sites (tertiary alicyclic amines) is 1. The lowest BCUT2D eigenvalue weighted by molar-refractivity contribution is -0.122. The predicted molar refractivity (Wildman–Crippen MR) is 74.0 cm³/mol. The average molecular weight is 284 g/mol. The van der Waals surface area contributed by atoms with E-state index in [1.165, 1.54) is 0 Å². The number of carbonyl (C=O) groups is 1. The Hall–Kier alpha value is -0.950. The molecule has 1 amide bonds. The maximum atomic E-state index is 11.8. The predicted octanol–water partition coefficient (Wildman–Crippen LogP) is 0.446. The number of ether oxygens (including phenoxy) is 1. The fourth-order valence-electron chi connectivity index (χ4n) is 2.20. The highest BCUT2D eigenvalue weighted by Gasteiger charge is 2.32. The fourth-order valence-corrected chi connectivity index (χ4v) is 2.84. The van der Waals surface area contributed by atoms with E-state index in [0.29, 0.717) is 32.8 Å². The van der Waals surface area contributed by atoms with Crippen molar-refractivity contribution in [3.05, 3.63) is 22.4 Å². The lowest BCUT2D eigenvalue weighted by Gasteiger charge is -2.15. The van der Waals surface area contributed by atoms with Crippen LogP contribution in [0.2, 0.25) is 0 Å². The number of amides is 1. The van der Waals surface area contributed by atoms with Crippen molar-refractivity contribution in [1.29, 1.82) is 0 Å². The van der Waals surface area contributed by atoms with Crippen LogP contribution in [0.1, 0.15) is 11.8 Å². The highest BCUT2D eigenvalue weighted by molar-refractivity contribution is 7.09. The summed E-state index contributed by atoms with van der Waals surface area (Å²) in [7, 11) is 0. The molecule has 2 N–H and O–H groups in total. The zero-order valence-corrected chi connectivity index (χ0v) is 11.9. The maximum Gasteiger partial charge on any atom is 0.234 e. The van der Waals surface area contributed by atoms with Gasteiger partial charge in [-0.05, 0) is 18.4 Å². The summed E-state index contributed by atoms with van der Waals surface area (Å²) in [4.78, 5) is 14.9. The van der Waals surface area contributed by atoms with Crippen molar-refractivity contribution in [2.75, 3.05) is 26.2 Å². The van der Waals surface area contributed by atoms with Crippen molar-refractivity contribution in [2.24, 2.45) is 0 Å². The molecule has 2 rings (SSSR count). The Morgan fingerprint density at radius 3 is 3.16 bits per heavy atom. The number of thiophene rings is 1. The van der Waals surface area contributed by atoms with Crippen molar-refractivity contribution in [2.45, 2.75) is 25.7 Å². The first-order chi connectivity index (χ1) is 9.19. The Bertz CT molecular complexity index is 397. The quantitative estimate of drug-likeness (QED) is 0.796. The molecule has 5 nitrogen and oxygen atoms in total. The standard InChI is InChI=1S/C13H20N2O3S/c1-2-18-12-8-15(7-11(12)16)9-13(17)14-6-10-4-3-5-19-10/h3-5,11-12,16H,2,6-9H2,1H3,(H,14,17)/t11-,12-/m0/s1. The molecule has 2 heterocycles. The van der Waals surface area contributed by atoms with Crippen molar-refractivity contribution in [3.63, 3.8) is 0 Å². The van der Waals surface area contributed by atoms with E-state index in [9.17, 15) is 9.90 Å². The minimum absolute atomic E-state index is 0.0160. The van der Waals surface area contributed by atoms with Gasteiger partial charge in [-0.1, -0.05) is 6.07 Å². The summed E-state index contributed by atoms with van der Waals surface area (Å²) in [6.45, 7) is 4.48. The van der Waals surface area contributed by atoms with Crippen molar-refractivity contribution >= 4 is 17.2 Å². The van der Waals surface area contributed by atoms with Gasteiger partial charge in [0.15, 0.2) is 0 Å². The summed E-state index contributed by atoms with van der Waals surface area (Å²) >= 11 is 1.63. The SMILES string of the molecule is CCO[C@H]1CN(CC(=O)NCc2cccs2)C[C@@H]1O. The largest absolute Gasteiger partial charge is 0.389 e. The fraction of sp³-hybridized carbons (Fsp3) is 0.615. The van der Waals surface area contributed by atoms with Gasteiger partial charge in [0.2, 0.25) is 5.91 Å². The molecular formula is C13H20N2O3S. The lowest BCUT2D eigenvalue weighted by Crippen LogP contribution is -2.36. The molecule has 6 heteroatoms. The molecule has 106 valence electrons. The Morgan fingerprint density at radius 1 is 1.63 bits per heavy atom. The number of rotatable bonds is 6. The van der Waals surface area contributed by atoms with Gasteiger partial charge >= 0.3 is 0 Å². The highest BCUT2D eigenvalue weighted by atomic mass is 32.1. The second kappa shape index (κ2) is 7.00. The summed E-state index contributed by atoms with van der Waals surface area (Å²) in [6, 6.07) is 3.96. The van der Waals surface area contributed by atoms with Gasteiger partial charge in [0.05, 0.1) is 25.3 Å². The van der Waals surface area contributed by atoms with Crippen LogP contribution < -0.4 is 5.32 Å². The number of nitrogens with one attached hydrogen (secondary N) is 1. The molecule has 0 aromatic carbocycles. The summed E-state index contributed by atoms with van der Waals surface area (Å²) in [5.41, 5.74) is 0. The molecule has 0 aliphatic carbocycles. The summed E-state index contributed by atoms with van der Waals surface area (Å²) in [5.74, 6) is -0.0160.